The summed E-state index contributed by atoms with van der Waals surface area (Å²) in [6.45, 7) is 1.43. The van der Waals surface area contributed by atoms with Crippen molar-refractivity contribution in [1.29, 1.82) is 0 Å². The second-order valence-electron chi connectivity index (χ2n) is 5.65. The lowest BCUT2D eigenvalue weighted by Crippen LogP contribution is -2.49. The lowest BCUT2D eigenvalue weighted by molar-refractivity contribution is -0.122. The highest BCUT2D eigenvalue weighted by molar-refractivity contribution is 7.92. The van der Waals surface area contributed by atoms with Gasteiger partial charge < -0.3 is 10.1 Å². The number of carbonyl (C=O) groups excluding carboxylic acids is 1. The summed E-state index contributed by atoms with van der Waals surface area (Å²) in [5, 5.41) is 3.41. The molecule has 0 bridgehead atoms. The van der Waals surface area contributed by atoms with Gasteiger partial charge in [-0.1, -0.05) is 35.3 Å². The average Bonchev–Trinajstić information content (AvgIpc) is 2.59. The molecule has 1 aliphatic rings. The Labute approximate surface area is 161 Å². The number of nitrogens with zero attached hydrogens (tertiary/aromatic N) is 1. The number of nitrogens with one attached hydrogen (secondary N) is 1. The molecule has 0 aromatic heterocycles. The molecule has 0 spiro atoms. The third-order valence-corrected chi connectivity index (χ3v) is 6.04. The maximum Gasteiger partial charge on any atom is 0.267 e. The Morgan fingerprint density at radius 3 is 2.54 bits per heavy atom. The Morgan fingerprint density at radius 1 is 1.23 bits per heavy atom. The summed E-state index contributed by atoms with van der Waals surface area (Å²) in [6, 6.07) is 11.3. The minimum Gasteiger partial charge on any atom is -0.476 e. The molecule has 1 heterocycles. The van der Waals surface area contributed by atoms with Crippen molar-refractivity contribution in [3.8, 4) is 5.75 Å². The van der Waals surface area contributed by atoms with Crippen LogP contribution in [0.5, 0.6) is 5.75 Å². The Morgan fingerprint density at radius 2 is 1.88 bits per heavy atom. The number of sulfonamides is 1. The van der Waals surface area contributed by atoms with Gasteiger partial charge in [0, 0.05) is 15.7 Å². The van der Waals surface area contributed by atoms with Gasteiger partial charge >= 0.3 is 0 Å². The highest BCUT2D eigenvalue weighted by Crippen LogP contribution is 2.35. The monoisotopic (exact) mass is 414 g/mol. The van der Waals surface area contributed by atoms with E-state index in [0.717, 1.165) is 0 Å². The summed E-state index contributed by atoms with van der Waals surface area (Å²) in [6.07, 6.45) is -1.01. The van der Waals surface area contributed by atoms with Crippen LogP contribution in [0.15, 0.2) is 42.5 Å². The number of carbonyl (C=O) groups is 1. The Bertz CT molecular complexity index is 929. The molecule has 0 unspecified atom stereocenters. The van der Waals surface area contributed by atoms with E-state index in [4.69, 9.17) is 27.9 Å². The molecule has 0 saturated heterocycles. The zero-order valence-corrected chi connectivity index (χ0v) is 16.1. The summed E-state index contributed by atoms with van der Waals surface area (Å²) in [5.74, 6) is -0.242. The fourth-order valence-electron chi connectivity index (χ4n) is 2.61. The minimum atomic E-state index is -3.56. The maximum atomic E-state index is 12.6. The molecule has 0 saturated carbocycles. The Balaban J connectivity index is 1.88. The standard InChI is InChI=1S/C17H16Cl2N2O4S/c1-2-26(23,24)21-10-16(25-15-6-4-3-5-14(15)21)17(22)20-13-8-11(18)7-12(19)9-13/h3-9,16H,2,10H2,1H3,(H,20,22)/t16-/m0/s1. The smallest absolute Gasteiger partial charge is 0.267 e. The maximum absolute atomic E-state index is 12.6. The molecule has 0 aliphatic carbocycles. The van der Waals surface area contributed by atoms with Crippen molar-refractivity contribution in [2.45, 2.75) is 13.0 Å². The minimum absolute atomic E-state index is 0.0838. The van der Waals surface area contributed by atoms with E-state index in [1.54, 1.807) is 49.4 Å². The zero-order valence-electron chi connectivity index (χ0n) is 13.8. The molecule has 0 fully saturated rings. The lowest BCUT2D eigenvalue weighted by Gasteiger charge is -2.34. The molecular formula is C17H16Cl2N2O4S. The number of hydrogen-bond donors (Lipinski definition) is 1. The van der Waals surface area contributed by atoms with E-state index in [9.17, 15) is 13.2 Å². The fourth-order valence-corrected chi connectivity index (χ4v) is 4.26. The molecule has 1 N–H and O–H groups in total. The number of fused-ring (bicyclic) bond motifs is 1. The summed E-state index contributed by atoms with van der Waals surface area (Å²) < 4.78 is 31.8. The summed E-state index contributed by atoms with van der Waals surface area (Å²) in [5.41, 5.74) is 0.823. The van der Waals surface area contributed by atoms with Gasteiger partial charge in [-0.3, -0.25) is 9.10 Å². The molecular weight excluding hydrogens is 399 g/mol. The van der Waals surface area contributed by atoms with Gasteiger partial charge in [0.05, 0.1) is 18.0 Å². The molecule has 2 aromatic carbocycles. The van der Waals surface area contributed by atoms with E-state index in [1.165, 1.54) is 4.31 Å². The summed E-state index contributed by atoms with van der Waals surface area (Å²) in [4.78, 5) is 12.6. The molecule has 26 heavy (non-hydrogen) atoms. The Kier molecular flexibility index (Phi) is 5.32. The van der Waals surface area contributed by atoms with Crippen molar-refractivity contribution >= 4 is 50.5 Å². The zero-order chi connectivity index (χ0) is 18.9. The molecule has 6 nitrogen and oxygen atoms in total. The van der Waals surface area contributed by atoms with Gasteiger partial charge in [-0.2, -0.15) is 0 Å². The van der Waals surface area contributed by atoms with Gasteiger partial charge in [0.2, 0.25) is 10.0 Å². The number of amides is 1. The normalized spacial score (nSPS) is 16.6. The van der Waals surface area contributed by atoms with Crippen LogP contribution in [0.25, 0.3) is 0 Å². The first-order valence-corrected chi connectivity index (χ1v) is 10.2. The van der Waals surface area contributed by atoms with E-state index >= 15 is 0 Å². The first kappa shape index (κ1) is 18.8. The molecule has 0 radical (unpaired) electrons. The second kappa shape index (κ2) is 7.34. The molecule has 3 rings (SSSR count). The number of ether oxygens (including phenoxy) is 1. The molecule has 1 amide bonds. The van der Waals surface area contributed by atoms with Crippen LogP contribution in [0, 0.1) is 0 Å². The van der Waals surface area contributed by atoms with E-state index in [1.807, 2.05) is 0 Å². The first-order chi connectivity index (χ1) is 12.3. The van der Waals surface area contributed by atoms with Crippen molar-refractivity contribution in [3.63, 3.8) is 0 Å². The van der Waals surface area contributed by atoms with Gasteiger partial charge in [-0.15, -0.1) is 0 Å². The van der Waals surface area contributed by atoms with Crippen LogP contribution in [0.2, 0.25) is 10.0 Å². The largest absolute Gasteiger partial charge is 0.476 e. The van der Waals surface area contributed by atoms with Crippen molar-refractivity contribution in [2.24, 2.45) is 0 Å². The predicted molar refractivity (Wildman–Crippen MR) is 103 cm³/mol. The van der Waals surface area contributed by atoms with Gasteiger partial charge in [0.25, 0.3) is 5.91 Å². The number of rotatable bonds is 4. The molecule has 1 atom stereocenters. The van der Waals surface area contributed by atoms with Crippen LogP contribution in [0.4, 0.5) is 11.4 Å². The van der Waals surface area contributed by atoms with Crippen LogP contribution in [-0.2, 0) is 14.8 Å². The SMILES string of the molecule is CCS(=O)(=O)N1C[C@@H](C(=O)Nc2cc(Cl)cc(Cl)c2)Oc2ccccc21. The Hall–Kier alpha value is -1.96. The van der Waals surface area contributed by atoms with E-state index in [2.05, 4.69) is 5.32 Å². The highest BCUT2D eigenvalue weighted by atomic mass is 35.5. The van der Waals surface area contributed by atoms with Crippen molar-refractivity contribution in [1.82, 2.24) is 0 Å². The van der Waals surface area contributed by atoms with Gasteiger partial charge in [-0.05, 0) is 37.3 Å². The second-order valence-corrected chi connectivity index (χ2v) is 8.71. The van der Waals surface area contributed by atoms with E-state index < -0.39 is 22.0 Å². The molecule has 138 valence electrons. The fraction of sp³-hybridized carbons (Fsp3) is 0.235. The first-order valence-electron chi connectivity index (χ1n) is 7.83. The van der Waals surface area contributed by atoms with E-state index in [0.29, 0.717) is 27.2 Å². The van der Waals surface area contributed by atoms with Gasteiger partial charge in [0.1, 0.15) is 5.75 Å². The highest BCUT2D eigenvalue weighted by Gasteiger charge is 2.35. The number of halogens is 2. The topological polar surface area (TPSA) is 75.7 Å². The quantitative estimate of drug-likeness (QED) is 0.829. The van der Waals surface area contributed by atoms with Crippen LogP contribution >= 0.6 is 23.2 Å². The van der Waals surface area contributed by atoms with Crippen molar-refractivity contribution < 1.29 is 17.9 Å². The van der Waals surface area contributed by atoms with Crippen LogP contribution in [-0.4, -0.2) is 32.7 Å². The van der Waals surface area contributed by atoms with Crippen molar-refractivity contribution in [3.05, 3.63) is 52.5 Å². The lowest BCUT2D eigenvalue weighted by atomic mass is 10.2. The van der Waals surface area contributed by atoms with E-state index in [-0.39, 0.29) is 12.3 Å². The number of hydrogen-bond acceptors (Lipinski definition) is 4. The third kappa shape index (κ3) is 3.90. The average molecular weight is 415 g/mol. The number of para-hydroxylation sites is 2. The summed E-state index contributed by atoms with van der Waals surface area (Å²) in [7, 11) is -3.56. The van der Waals surface area contributed by atoms with Crippen LogP contribution in [0.3, 0.4) is 0 Å². The van der Waals surface area contributed by atoms with Gasteiger partial charge in [-0.25, -0.2) is 8.42 Å². The van der Waals surface area contributed by atoms with Crippen molar-refractivity contribution in [2.75, 3.05) is 21.9 Å². The van der Waals surface area contributed by atoms with Crippen LogP contribution in [0.1, 0.15) is 6.92 Å². The summed E-state index contributed by atoms with van der Waals surface area (Å²) >= 11 is 11.9. The third-order valence-electron chi connectivity index (χ3n) is 3.86. The predicted octanol–water partition coefficient (Wildman–Crippen LogP) is 3.55. The number of benzene rings is 2. The molecule has 2 aromatic rings. The van der Waals surface area contributed by atoms with Crippen LogP contribution < -0.4 is 14.4 Å². The number of anilines is 2. The molecule has 9 heteroatoms. The molecule has 1 aliphatic heterocycles. The van der Waals surface area contributed by atoms with Gasteiger partial charge in [0.15, 0.2) is 6.10 Å².